The molecule has 0 saturated heterocycles. The third kappa shape index (κ3) is 3.23. The number of nitrogens with one attached hydrogen (secondary N) is 1. The molecule has 0 spiro atoms. The summed E-state index contributed by atoms with van der Waals surface area (Å²) in [5.74, 6) is -0.117. The molecule has 1 amide bonds. The van der Waals surface area contributed by atoms with E-state index in [4.69, 9.17) is 0 Å². The summed E-state index contributed by atoms with van der Waals surface area (Å²) >= 11 is 3.22. The summed E-state index contributed by atoms with van der Waals surface area (Å²) in [6.45, 7) is 4.25. The number of nitrogens with zero attached hydrogens (tertiary/aromatic N) is 2. The third-order valence-corrected chi connectivity index (χ3v) is 4.92. The van der Waals surface area contributed by atoms with E-state index in [1.807, 2.05) is 48.9 Å². The van der Waals surface area contributed by atoms with Crippen LogP contribution in [0, 0.1) is 13.8 Å². The number of rotatable bonds is 4. The average Bonchev–Trinajstić information content (AvgIpc) is 3.16. The van der Waals surface area contributed by atoms with E-state index in [0.29, 0.717) is 12.1 Å². The monoisotopic (exact) mass is 329 g/mol. The van der Waals surface area contributed by atoms with Gasteiger partial charge in [-0.15, -0.1) is 22.7 Å². The van der Waals surface area contributed by atoms with Crippen LogP contribution >= 0.6 is 22.7 Å². The zero-order valence-corrected chi connectivity index (χ0v) is 13.9. The third-order valence-electron chi connectivity index (χ3n) is 3.20. The minimum Gasteiger partial charge on any atom is -0.346 e. The first kappa shape index (κ1) is 14.9. The molecule has 0 bridgehead atoms. The summed E-state index contributed by atoms with van der Waals surface area (Å²) < 4.78 is 0. The lowest BCUT2D eigenvalue weighted by atomic mass is 10.1. The van der Waals surface area contributed by atoms with Gasteiger partial charge in [-0.25, -0.2) is 4.98 Å². The van der Waals surface area contributed by atoms with E-state index in [9.17, 15) is 4.79 Å². The predicted molar refractivity (Wildman–Crippen MR) is 90.3 cm³/mol. The topological polar surface area (TPSA) is 54.9 Å². The highest BCUT2D eigenvalue weighted by Crippen LogP contribution is 2.23. The quantitative estimate of drug-likeness (QED) is 0.792. The Bertz CT molecular complexity index is 794. The molecule has 3 aromatic rings. The molecule has 6 heteroatoms. The van der Waals surface area contributed by atoms with Crippen molar-refractivity contribution in [3.05, 3.63) is 57.0 Å². The molecule has 0 atom stereocenters. The van der Waals surface area contributed by atoms with Crippen molar-refractivity contribution in [3.8, 4) is 10.6 Å². The van der Waals surface area contributed by atoms with Gasteiger partial charge in [-0.1, -0.05) is 6.07 Å². The molecule has 0 radical (unpaired) electrons. The molecule has 0 aromatic carbocycles. The van der Waals surface area contributed by atoms with Gasteiger partial charge in [0.05, 0.1) is 39.1 Å². The van der Waals surface area contributed by atoms with Gasteiger partial charge in [-0.2, -0.15) is 0 Å². The molecule has 1 N–H and O–H groups in total. The van der Waals surface area contributed by atoms with Gasteiger partial charge in [-0.3, -0.25) is 9.78 Å². The van der Waals surface area contributed by atoms with E-state index >= 15 is 0 Å². The van der Waals surface area contributed by atoms with Crippen molar-refractivity contribution in [2.24, 2.45) is 0 Å². The van der Waals surface area contributed by atoms with Crippen molar-refractivity contribution < 1.29 is 4.79 Å². The molecular formula is C16H15N3OS2. The summed E-state index contributed by atoms with van der Waals surface area (Å²) in [7, 11) is 0. The molecule has 0 aliphatic heterocycles. The smallest absolute Gasteiger partial charge is 0.253 e. The van der Waals surface area contributed by atoms with Gasteiger partial charge in [0.25, 0.3) is 5.91 Å². The number of hydrogen-bond donors (Lipinski definition) is 1. The summed E-state index contributed by atoms with van der Waals surface area (Å²) in [5, 5.41) is 7.87. The second-order valence-electron chi connectivity index (χ2n) is 4.85. The lowest BCUT2D eigenvalue weighted by Crippen LogP contribution is -2.24. The fraction of sp³-hybridized carbons (Fsp3) is 0.188. The first-order valence-electron chi connectivity index (χ1n) is 6.84. The van der Waals surface area contributed by atoms with Gasteiger partial charge in [0.15, 0.2) is 0 Å². The van der Waals surface area contributed by atoms with E-state index in [-0.39, 0.29) is 5.91 Å². The van der Waals surface area contributed by atoms with Crippen LogP contribution in [0.2, 0.25) is 0 Å². The number of aromatic nitrogens is 2. The maximum Gasteiger partial charge on any atom is 0.253 e. The van der Waals surface area contributed by atoms with E-state index < -0.39 is 0 Å². The normalized spacial score (nSPS) is 10.6. The van der Waals surface area contributed by atoms with Crippen LogP contribution in [0.3, 0.4) is 0 Å². The Morgan fingerprint density at radius 2 is 2.05 bits per heavy atom. The zero-order chi connectivity index (χ0) is 15.5. The number of carbonyl (C=O) groups is 1. The summed E-state index contributed by atoms with van der Waals surface area (Å²) in [4.78, 5) is 22.2. The number of aryl methyl sites for hydroxylation is 2. The van der Waals surface area contributed by atoms with Crippen LogP contribution < -0.4 is 5.32 Å². The van der Waals surface area contributed by atoms with Crippen LogP contribution in [0.25, 0.3) is 10.6 Å². The number of thiophene rings is 1. The molecule has 0 unspecified atom stereocenters. The summed E-state index contributed by atoms with van der Waals surface area (Å²) in [5.41, 5.74) is 3.13. The SMILES string of the molecule is Cc1nc(CNC(=O)c2ccc(-c3cccs3)nc2C)cs1. The fourth-order valence-corrected chi connectivity index (χ4v) is 3.43. The lowest BCUT2D eigenvalue weighted by molar-refractivity contribution is 0.0949. The van der Waals surface area contributed by atoms with Gasteiger partial charge < -0.3 is 5.32 Å². The second kappa shape index (κ2) is 6.37. The van der Waals surface area contributed by atoms with Crippen LogP contribution in [-0.4, -0.2) is 15.9 Å². The second-order valence-corrected chi connectivity index (χ2v) is 6.86. The van der Waals surface area contributed by atoms with Crippen LogP contribution in [0.5, 0.6) is 0 Å². The molecule has 0 aliphatic carbocycles. The highest BCUT2D eigenvalue weighted by atomic mass is 32.1. The maximum absolute atomic E-state index is 12.3. The first-order valence-corrected chi connectivity index (χ1v) is 8.60. The lowest BCUT2D eigenvalue weighted by Gasteiger charge is -2.07. The van der Waals surface area contributed by atoms with Gasteiger partial charge >= 0.3 is 0 Å². The van der Waals surface area contributed by atoms with Crippen molar-refractivity contribution in [3.63, 3.8) is 0 Å². The van der Waals surface area contributed by atoms with Crippen LogP contribution in [0.1, 0.15) is 26.8 Å². The van der Waals surface area contributed by atoms with Crippen molar-refractivity contribution in [1.82, 2.24) is 15.3 Å². The molecule has 0 aliphatic rings. The highest BCUT2D eigenvalue weighted by Gasteiger charge is 2.12. The Morgan fingerprint density at radius 1 is 1.18 bits per heavy atom. The molecule has 4 nitrogen and oxygen atoms in total. The van der Waals surface area contributed by atoms with E-state index in [1.54, 1.807) is 22.7 Å². The summed E-state index contributed by atoms with van der Waals surface area (Å²) in [6, 6.07) is 7.74. The molecular weight excluding hydrogens is 314 g/mol. The first-order chi connectivity index (χ1) is 10.6. The van der Waals surface area contributed by atoms with Crippen molar-refractivity contribution in [2.45, 2.75) is 20.4 Å². The molecule has 112 valence electrons. The number of pyridine rings is 1. The molecule has 3 rings (SSSR count). The highest BCUT2D eigenvalue weighted by molar-refractivity contribution is 7.13. The van der Waals surface area contributed by atoms with Crippen LogP contribution in [-0.2, 0) is 6.54 Å². The standard InChI is InChI=1S/C16H15N3OS2/c1-10-13(5-6-14(18-10)15-4-3-7-21-15)16(20)17-8-12-9-22-11(2)19-12/h3-7,9H,8H2,1-2H3,(H,17,20). The Hall–Kier alpha value is -2.05. The zero-order valence-electron chi connectivity index (χ0n) is 12.3. The van der Waals surface area contributed by atoms with Crippen LogP contribution in [0.4, 0.5) is 0 Å². The number of hydrogen-bond acceptors (Lipinski definition) is 5. The Kier molecular flexibility index (Phi) is 4.31. The fourth-order valence-electron chi connectivity index (χ4n) is 2.12. The Labute approximate surface area is 136 Å². The summed E-state index contributed by atoms with van der Waals surface area (Å²) in [6.07, 6.45) is 0. The van der Waals surface area contributed by atoms with E-state index in [1.165, 1.54) is 0 Å². The minimum atomic E-state index is -0.117. The molecule has 22 heavy (non-hydrogen) atoms. The molecule has 3 heterocycles. The predicted octanol–water partition coefficient (Wildman–Crippen LogP) is 3.81. The number of thiazole rings is 1. The van der Waals surface area contributed by atoms with Gasteiger partial charge in [0.2, 0.25) is 0 Å². The molecule has 0 fully saturated rings. The average molecular weight is 329 g/mol. The molecule has 3 aromatic heterocycles. The Morgan fingerprint density at radius 3 is 2.68 bits per heavy atom. The van der Waals surface area contributed by atoms with Crippen molar-refractivity contribution >= 4 is 28.6 Å². The van der Waals surface area contributed by atoms with Gasteiger partial charge in [0.1, 0.15) is 0 Å². The minimum absolute atomic E-state index is 0.117. The van der Waals surface area contributed by atoms with Crippen molar-refractivity contribution in [1.29, 1.82) is 0 Å². The Balaban J connectivity index is 1.72. The number of carbonyl (C=O) groups excluding carboxylic acids is 1. The van der Waals surface area contributed by atoms with Crippen LogP contribution in [0.15, 0.2) is 35.0 Å². The number of amides is 1. The maximum atomic E-state index is 12.3. The molecule has 0 saturated carbocycles. The largest absolute Gasteiger partial charge is 0.346 e. The van der Waals surface area contributed by atoms with E-state index in [0.717, 1.165) is 27.0 Å². The van der Waals surface area contributed by atoms with E-state index in [2.05, 4.69) is 15.3 Å². The van der Waals surface area contributed by atoms with Crippen molar-refractivity contribution in [2.75, 3.05) is 0 Å². The van der Waals surface area contributed by atoms with Gasteiger partial charge in [0, 0.05) is 5.38 Å². The van der Waals surface area contributed by atoms with Gasteiger partial charge in [-0.05, 0) is 37.4 Å².